The van der Waals surface area contributed by atoms with E-state index in [-0.39, 0.29) is 12.1 Å². The van der Waals surface area contributed by atoms with E-state index < -0.39 is 24.9 Å². The van der Waals surface area contributed by atoms with Gasteiger partial charge in [0.25, 0.3) is 5.56 Å². The fraction of sp³-hybridized carbons (Fsp3) is 0.545. The Morgan fingerprint density at radius 2 is 2.16 bits per heavy atom. The summed E-state index contributed by atoms with van der Waals surface area (Å²) in [5.41, 5.74) is 0.184. The molecule has 1 rings (SSSR count). The summed E-state index contributed by atoms with van der Waals surface area (Å²) in [7, 11) is 0. The van der Waals surface area contributed by atoms with Crippen molar-refractivity contribution in [2.24, 2.45) is 0 Å². The van der Waals surface area contributed by atoms with Crippen molar-refractivity contribution in [3.8, 4) is 0 Å². The Bertz CT molecular complexity index is 497. The van der Waals surface area contributed by atoms with Crippen LogP contribution in [0.5, 0.6) is 0 Å². The number of H-pyrrole nitrogens is 1. The van der Waals surface area contributed by atoms with Crippen LogP contribution in [-0.2, 0) is 11.2 Å². The number of hydrogen-bond donors (Lipinski definition) is 2. The first-order chi connectivity index (χ1) is 8.76. The van der Waals surface area contributed by atoms with Crippen molar-refractivity contribution in [2.75, 3.05) is 6.54 Å². The van der Waals surface area contributed by atoms with E-state index >= 15 is 0 Å². The van der Waals surface area contributed by atoms with Crippen molar-refractivity contribution in [1.82, 2.24) is 15.3 Å². The minimum atomic E-state index is -4.33. The van der Waals surface area contributed by atoms with Gasteiger partial charge in [-0.2, -0.15) is 13.2 Å². The van der Waals surface area contributed by atoms with Crippen molar-refractivity contribution >= 4 is 5.91 Å². The summed E-state index contributed by atoms with van der Waals surface area (Å²) >= 11 is 0. The molecular weight excluding hydrogens is 263 g/mol. The van der Waals surface area contributed by atoms with Crippen LogP contribution in [0.1, 0.15) is 24.4 Å². The zero-order chi connectivity index (χ0) is 14.5. The van der Waals surface area contributed by atoms with Gasteiger partial charge >= 0.3 is 6.18 Å². The predicted octanol–water partition coefficient (Wildman–Crippen LogP) is 1.08. The molecule has 0 aliphatic heterocycles. The summed E-state index contributed by atoms with van der Waals surface area (Å²) in [5, 5.41) is 2.35. The third-order valence-electron chi connectivity index (χ3n) is 2.25. The number of nitrogens with zero attached hydrogens (tertiary/aromatic N) is 1. The number of aromatic amines is 1. The van der Waals surface area contributed by atoms with Gasteiger partial charge in [-0.05, 0) is 6.92 Å². The Kier molecular flexibility index (Phi) is 5.08. The Balaban J connectivity index is 2.34. The van der Waals surface area contributed by atoms with Crippen LogP contribution in [0.4, 0.5) is 13.2 Å². The molecule has 19 heavy (non-hydrogen) atoms. The summed E-state index contributed by atoms with van der Waals surface area (Å²) in [4.78, 5) is 28.7. The normalized spacial score (nSPS) is 11.4. The van der Waals surface area contributed by atoms with E-state index in [9.17, 15) is 22.8 Å². The van der Waals surface area contributed by atoms with Crippen LogP contribution in [-0.4, -0.2) is 28.6 Å². The number of rotatable bonds is 5. The molecule has 106 valence electrons. The molecule has 2 N–H and O–H groups in total. The highest BCUT2D eigenvalue weighted by molar-refractivity contribution is 5.75. The summed E-state index contributed by atoms with van der Waals surface area (Å²) in [5.74, 6) is -0.218. The molecule has 0 unspecified atom stereocenters. The summed E-state index contributed by atoms with van der Waals surface area (Å²) in [6.45, 7) is 1.76. The molecule has 0 atom stereocenters. The lowest BCUT2D eigenvalue weighted by Gasteiger charge is -2.07. The summed E-state index contributed by atoms with van der Waals surface area (Å²) in [6.07, 6.45) is -5.77. The number of aromatic nitrogens is 2. The van der Waals surface area contributed by atoms with Gasteiger partial charge in [-0.25, -0.2) is 4.98 Å². The first-order valence-electron chi connectivity index (χ1n) is 5.66. The number of halogens is 3. The molecule has 0 saturated carbocycles. The molecule has 1 amide bonds. The fourth-order valence-corrected chi connectivity index (χ4v) is 1.44. The molecule has 0 aliphatic carbocycles. The van der Waals surface area contributed by atoms with E-state index in [1.54, 1.807) is 6.92 Å². The van der Waals surface area contributed by atoms with Gasteiger partial charge in [0.05, 0.1) is 6.42 Å². The average Bonchev–Trinajstić information content (AvgIpc) is 2.24. The van der Waals surface area contributed by atoms with E-state index in [1.165, 1.54) is 6.07 Å². The van der Waals surface area contributed by atoms with E-state index in [0.717, 1.165) is 0 Å². The second-order valence-electron chi connectivity index (χ2n) is 4.04. The zero-order valence-electron chi connectivity index (χ0n) is 10.3. The van der Waals surface area contributed by atoms with Gasteiger partial charge in [0, 0.05) is 31.1 Å². The van der Waals surface area contributed by atoms with E-state index in [1.807, 2.05) is 0 Å². The Labute approximate surface area is 107 Å². The van der Waals surface area contributed by atoms with Crippen molar-refractivity contribution in [3.05, 3.63) is 27.9 Å². The van der Waals surface area contributed by atoms with Gasteiger partial charge in [0.15, 0.2) is 0 Å². The second-order valence-corrected chi connectivity index (χ2v) is 4.04. The van der Waals surface area contributed by atoms with E-state index in [0.29, 0.717) is 17.9 Å². The van der Waals surface area contributed by atoms with E-state index in [2.05, 4.69) is 15.3 Å². The largest absolute Gasteiger partial charge is 0.389 e. The number of alkyl halides is 3. The quantitative estimate of drug-likeness (QED) is 0.845. The van der Waals surface area contributed by atoms with Crippen molar-refractivity contribution in [3.63, 3.8) is 0 Å². The highest BCUT2D eigenvalue weighted by Crippen LogP contribution is 2.20. The van der Waals surface area contributed by atoms with Crippen LogP contribution in [0, 0.1) is 6.92 Å². The van der Waals surface area contributed by atoms with Crippen LogP contribution < -0.4 is 10.9 Å². The maximum atomic E-state index is 11.9. The van der Waals surface area contributed by atoms with Crippen LogP contribution in [0.15, 0.2) is 10.9 Å². The maximum Gasteiger partial charge on any atom is 0.389 e. The zero-order valence-corrected chi connectivity index (χ0v) is 10.3. The monoisotopic (exact) mass is 277 g/mol. The standard InChI is InChI=1S/C11H14F3N3O2/c1-7-16-8(6-10(19)17-7)3-5-15-9(18)2-4-11(12,13)14/h6H,2-5H2,1H3,(H,15,18)(H,16,17,19). The van der Waals surface area contributed by atoms with E-state index in [4.69, 9.17) is 0 Å². The lowest BCUT2D eigenvalue weighted by Crippen LogP contribution is -2.27. The lowest BCUT2D eigenvalue weighted by atomic mass is 10.2. The van der Waals surface area contributed by atoms with Crippen molar-refractivity contribution < 1.29 is 18.0 Å². The molecule has 0 saturated heterocycles. The van der Waals surface area contributed by atoms with Gasteiger partial charge in [-0.1, -0.05) is 0 Å². The third kappa shape index (κ3) is 6.58. The fourth-order valence-electron chi connectivity index (χ4n) is 1.44. The number of carbonyl (C=O) groups excluding carboxylic acids is 1. The first-order valence-corrected chi connectivity index (χ1v) is 5.66. The molecular formula is C11H14F3N3O2. The van der Waals surface area contributed by atoms with Crippen molar-refractivity contribution in [1.29, 1.82) is 0 Å². The van der Waals surface area contributed by atoms with Crippen LogP contribution >= 0.6 is 0 Å². The van der Waals surface area contributed by atoms with Gasteiger partial charge in [0.1, 0.15) is 5.82 Å². The molecule has 0 bridgehead atoms. The molecule has 0 aliphatic rings. The Hall–Kier alpha value is -1.86. The maximum absolute atomic E-state index is 11.9. The molecule has 1 aromatic rings. The molecule has 0 fully saturated rings. The molecule has 8 heteroatoms. The van der Waals surface area contributed by atoms with Crippen LogP contribution in [0.3, 0.4) is 0 Å². The second kappa shape index (κ2) is 6.35. The number of carbonyl (C=O) groups is 1. The number of amides is 1. The molecule has 5 nitrogen and oxygen atoms in total. The van der Waals surface area contributed by atoms with Crippen LogP contribution in [0.2, 0.25) is 0 Å². The Morgan fingerprint density at radius 3 is 2.74 bits per heavy atom. The number of nitrogens with one attached hydrogen (secondary N) is 2. The molecule has 0 radical (unpaired) electrons. The molecule has 1 heterocycles. The highest BCUT2D eigenvalue weighted by atomic mass is 19.4. The average molecular weight is 277 g/mol. The van der Waals surface area contributed by atoms with Gasteiger partial charge in [-0.15, -0.1) is 0 Å². The highest BCUT2D eigenvalue weighted by Gasteiger charge is 2.27. The first kappa shape index (κ1) is 15.2. The smallest absolute Gasteiger partial charge is 0.356 e. The predicted molar refractivity (Wildman–Crippen MR) is 61.6 cm³/mol. The lowest BCUT2D eigenvalue weighted by molar-refractivity contribution is -0.144. The summed E-state index contributed by atoms with van der Waals surface area (Å²) < 4.78 is 35.6. The minimum Gasteiger partial charge on any atom is -0.356 e. The van der Waals surface area contributed by atoms with Crippen molar-refractivity contribution in [2.45, 2.75) is 32.4 Å². The van der Waals surface area contributed by atoms with Crippen LogP contribution in [0.25, 0.3) is 0 Å². The number of hydrogen-bond acceptors (Lipinski definition) is 3. The topological polar surface area (TPSA) is 74.8 Å². The minimum absolute atomic E-state index is 0.145. The Morgan fingerprint density at radius 1 is 1.47 bits per heavy atom. The molecule has 0 aromatic carbocycles. The van der Waals surface area contributed by atoms with Gasteiger partial charge in [-0.3, -0.25) is 9.59 Å². The third-order valence-corrected chi connectivity index (χ3v) is 2.25. The molecule has 0 spiro atoms. The SMILES string of the molecule is Cc1nc(CCNC(=O)CCC(F)(F)F)cc(=O)[nH]1. The van der Waals surface area contributed by atoms with Gasteiger partial charge in [0.2, 0.25) is 5.91 Å². The van der Waals surface area contributed by atoms with Gasteiger partial charge < -0.3 is 10.3 Å². The summed E-state index contributed by atoms with van der Waals surface area (Å²) in [6, 6.07) is 1.29. The number of aryl methyl sites for hydroxylation is 1. The molecule has 1 aromatic heterocycles.